The summed E-state index contributed by atoms with van der Waals surface area (Å²) in [6.07, 6.45) is -0.426. The molecule has 0 saturated heterocycles. The molecule has 184 valence electrons. The van der Waals surface area contributed by atoms with Crippen LogP contribution in [0.2, 0.25) is 0 Å². The van der Waals surface area contributed by atoms with Crippen molar-refractivity contribution in [3.05, 3.63) is 144 Å². The molecule has 4 atom stereocenters. The molecule has 0 unspecified atom stereocenters. The van der Waals surface area contributed by atoms with Crippen LogP contribution in [-0.2, 0) is 9.47 Å². The summed E-state index contributed by atoms with van der Waals surface area (Å²) >= 11 is 0. The van der Waals surface area contributed by atoms with E-state index >= 15 is 0 Å². The van der Waals surface area contributed by atoms with Crippen LogP contribution in [0.1, 0.15) is 60.4 Å². The molecule has 2 heterocycles. The predicted molar refractivity (Wildman–Crippen MR) is 148 cm³/mol. The molecule has 0 N–H and O–H groups in total. The van der Waals surface area contributed by atoms with Gasteiger partial charge < -0.3 is 9.47 Å². The number of nitrogens with zero attached hydrogens (tertiary/aromatic N) is 2. The zero-order chi connectivity index (χ0) is 25.2. The lowest BCUT2D eigenvalue weighted by Gasteiger charge is -2.26. The number of hydrogen-bond donors (Lipinski definition) is 0. The number of aliphatic imine (C=N–C) groups is 2. The van der Waals surface area contributed by atoms with Gasteiger partial charge in [-0.05, 0) is 36.1 Å². The normalized spacial score (nSPS) is 23.1. The van der Waals surface area contributed by atoms with Gasteiger partial charge in [-0.2, -0.15) is 0 Å². The van der Waals surface area contributed by atoms with Gasteiger partial charge in [-0.1, -0.05) is 121 Å². The van der Waals surface area contributed by atoms with Gasteiger partial charge in [0.2, 0.25) is 0 Å². The Morgan fingerprint density at radius 2 is 0.757 bits per heavy atom. The molecule has 0 aliphatic carbocycles. The topological polar surface area (TPSA) is 43.2 Å². The number of hydrogen-bond acceptors (Lipinski definition) is 4. The summed E-state index contributed by atoms with van der Waals surface area (Å²) in [7, 11) is 0. The molecule has 4 aromatic carbocycles. The van der Waals surface area contributed by atoms with Crippen molar-refractivity contribution in [2.75, 3.05) is 0 Å². The van der Waals surface area contributed by atoms with E-state index in [2.05, 4.69) is 86.6 Å². The molecule has 0 saturated carbocycles. The SMILES string of the molecule is CC(C)(C1=N[C@@H](c2ccccc2)[C@H](c2ccccc2)O1)C1=N[C@@H](c2ccccc2)[C@H](c2ccccc2)O1. The fourth-order valence-corrected chi connectivity index (χ4v) is 5.11. The van der Waals surface area contributed by atoms with E-state index in [0.29, 0.717) is 11.8 Å². The third-order valence-corrected chi connectivity index (χ3v) is 7.17. The quantitative estimate of drug-likeness (QED) is 0.279. The average Bonchev–Trinajstić information content (AvgIpc) is 3.62. The van der Waals surface area contributed by atoms with Crippen LogP contribution in [-0.4, -0.2) is 11.8 Å². The molecule has 6 rings (SSSR count). The molecule has 0 radical (unpaired) electrons. The molecule has 2 aliphatic rings. The zero-order valence-electron chi connectivity index (χ0n) is 21.1. The minimum absolute atomic E-state index is 0.144. The van der Waals surface area contributed by atoms with Crippen LogP contribution in [0.5, 0.6) is 0 Å². The van der Waals surface area contributed by atoms with Gasteiger partial charge in [-0.3, -0.25) is 0 Å². The molecular weight excluding hydrogens is 456 g/mol. The summed E-state index contributed by atoms with van der Waals surface area (Å²) in [4.78, 5) is 10.3. The van der Waals surface area contributed by atoms with Gasteiger partial charge in [0.25, 0.3) is 0 Å². The fourth-order valence-electron chi connectivity index (χ4n) is 5.11. The lowest BCUT2D eigenvalue weighted by molar-refractivity contribution is 0.162. The summed E-state index contributed by atoms with van der Waals surface area (Å²) in [6.45, 7) is 4.19. The summed E-state index contributed by atoms with van der Waals surface area (Å²) in [5.41, 5.74) is 3.81. The van der Waals surface area contributed by atoms with Crippen LogP contribution < -0.4 is 0 Å². The second-order valence-corrected chi connectivity index (χ2v) is 10.1. The van der Waals surface area contributed by atoms with Crippen molar-refractivity contribution in [2.45, 2.75) is 38.1 Å². The summed E-state index contributed by atoms with van der Waals surface area (Å²) in [6, 6.07) is 41.1. The Labute approximate surface area is 218 Å². The zero-order valence-corrected chi connectivity index (χ0v) is 21.1. The van der Waals surface area contributed by atoms with E-state index in [1.165, 1.54) is 0 Å². The van der Waals surface area contributed by atoms with Gasteiger partial charge in [-0.15, -0.1) is 0 Å². The van der Waals surface area contributed by atoms with E-state index in [1.54, 1.807) is 0 Å². The van der Waals surface area contributed by atoms with Crippen molar-refractivity contribution in [2.24, 2.45) is 15.4 Å². The van der Waals surface area contributed by atoms with Gasteiger partial charge in [0.1, 0.15) is 17.5 Å². The molecule has 0 bridgehead atoms. The largest absolute Gasteiger partial charge is 0.469 e. The minimum atomic E-state index is -0.646. The predicted octanol–water partition coefficient (Wildman–Crippen LogP) is 7.84. The summed E-state index contributed by atoms with van der Waals surface area (Å²) in [5.74, 6) is 1.30. The molecule has 4 aromatic rings. The second-order valence-electron chi connectivity index (χ2n) is 10.1. The van der Waals surface area contributed by atoms with E-state index < -0.39 is 5.41 Å². The molecule has 37 heavy (non-hydrogen) atoms. The second kappa shape index (κ2) is 9.70. The Bertz CT molecular complexity index is 1290. The van der Waals surface area contributed by atoms with E-state index in [4.69, 9.17) is 19.5 Å². The van der Waals surface area contributed by atoms with E-state index in [9.17, 15) is 0 Å². The molecule has 0 aromatic heterocycles. The summed E-state index contributed by atoms with van der Waals surface area (Å²) in [5, 5.41) is 0. The smallest absolute Gasteiger partial charge is 0.200 e. The minimum Gasteiger partial charge on any atom is -0.469 e. The molecule has 2 aliphatic heterocycles. The van der Waals surface area contributed by atoms with E-state index in [1.807, 2.05) is 48.5 Å². The monoisotopic (exact) mass is 486 g/mol. The average molecular weight is 487 g/mol. The number of benzene rings is 4. The maximum Gasteiger partial charge on any atom is 0.200 e. The molecule has 0 fully saturated rings. The van der Waals surface area contributed by atoms with Crippen molar-refractivity contribution in [3.8, 4) is 0 Å². The molecule has 4 nitrogen and oxygen atoms in total. The Kier molecular flexibility index (Phi) is 6.09. The van der Waals surface area contributed by atoms with E-state index in [-0.39, 0.29) is 24.3 Å². The molecule has 0 spiro atoms. The first-order chi connectivity index (χ1) is 18.1. The highest BCUT2D eigenvalue weighted by atomic mass is 16.5. The maximum atomic E-state index is 6.66. The highest BCUT2D eigenvalue weighted by Gasteiger charge is 2.47. The standard InChI is InChI=1S/C33H30N2O2/c1-33(2,31-34-27(23-15-7-3-8-16-23)29(36-31)25-19-11-5-12-20-25)32-35-28(24-17-9-4-10-18-24)30(37-32)26-21-13-6-14-22-26/h3-22,27-30H,1-2H3/t27-,28-,29-,30-/m0/s1. The van der Waals surface area contributed by atoms with Crippen LogP contribution >= 0.6 is 0 Å². The van der Waals surface area contributed by atoms with Crippen LogP contribution in [0, 0.1) is 5.41 Å². The lowest BCUT2D eigenvalue weighted by Crippen LogP contribution is -2.34. The third-order valence-electron chi connectivity index (χ3n) is 7.17. The van der Waals surface area contributed by atoms with Crippen LogP contribution in [0.15, 0.2) is 131 Å². The first-order valence-electron chi connectivity index (χ1n) is 12.8. The van der Waals surface area contributed by atoms with Crippen molar-refractivity contribution < 1.29 is 9.47 Å². The fraction of sp³-hybridized carbons (Fsp3) is 0.212. The van der Waals surface area contributed by atoms with Gasteiger partial charge in [0, 0.05) is 0 Å². The van der Waals surface area contributed by atoms with Gasteiger partial charge >= 0.3 is 0 Å². The first kappa shape index (κ1) is 23.2. The van der Waals surface area contributed by atoms with Crippen molar-refractivity contribution >= 4 is 11.8 Å². The highest BCUT2D eigenvalue weighted by molar-refractivity contribution is 6.05. The van der Waals surface area contributed by atoms with Gasteiger partial charge in [0.15, 0.2) is 24.0 Å². The molecule has 0 amide bonds. The Hall–Kier alpha value is -4.18. The van der Waals surface area contributed by atoms with Crippen molar-refractivity contribution in [1.29, 1.82) is 0 Å². The van der Waals surface area contributed by atoms with Gasteiger partial charge in [0.05, 0.1) is 0 Å². The third kappa shape index (κ3) is 4.44. The van der Waals surface area contributed by atoms with Crippen LogP contribution in [0.3, 0.4) is 0 Å². The van der Waals surface area contributed by atoms with Crippen LogP contribution in [0.4, 0.5) is 0 Å². The molecular formula is C33H30N2O2. The first-order valence-corrected chi connectivity index (χ1v) is 12.8. The van der Waals surface area contributed by atoms with Gasteiger partial charge in [-0.25, -0.2) is 9.98 Å². The number of rotatable bonds is 6. The highest BCUT2D eigenvalue weighted by Crippen LogP contribution is 2.47. The Morgan fingerprint density at radius 1 is 0.459 bits per heavy atom. The number of ether oxygens (including phenoxy) is 2. The van der Waals surface area contributed by atoms with Crippen molar-refractivity contribution in [1.82, 2.24) is 0 Å². The molecule has 4 heteroatoms. The lowest BCUT2D eigenvalue weighted by atomic mass is 9.93. The summed E-state index contributed by atoms with van der Waals surface area (Å²) < 4.78 is 13.3. The Balaban J connectivity index is 1.37. The van der Waals surface area contributed by atoms with Crippen LogP contribution in [0.25, 0.3) is 0 Å². The van der Waals surface area contributed by atoms with E-state index in [0.717, 1.165) is 22.3 Å². The van der Waals surface area contributed by atoms with Crippen molar-refractivity contribution in [3.63, 3.8) is 0 Å². The Morgan fingerprint density at radius 3 is 1.08 bits per heavy atom. The maximum absolute atomic E-state index is 6.66.